The minimum atomic E-state index is -4.44. The van der Waals surface area contributed by atoms with Crippen molar-refractivity contribution in [1.82, 2.24) is 9.78 Å². The van der Waals surface area contributed by atoms with Crippen molar-refractivity contribution in [1.29, 1.82) is 0 Å². The number of benzene rings is 1. The van der Waals surface area contributed by atoms with Crippen LogP contribution >= 0.6 is 0 Å². The van der Waals surface area contributed by atoms with Crippen molar-refractivity contribution < 1.29 is 18.0 Å². The van der Waals surface area contributed by atoms with E-state index in [-0.39, 0.29) is 30.0 Å². The lowest BCUT2D eigenvalue weighted by molar-refractivity contribution is -0.171. The Labute approximate surface area is 123 Å². The molecule has 3 rings (SSSR count). The van der Waals surface area contributed by atoms with Crippen LogP contribution in [0.25, 0.3) is 11.3 Å². The first-order chi connectivity index (χ1) is 10.4. The standard InChI is InChI=1S/C14H13F3N4O/c15-14(16,17)9-6-7-19-13-10(12(18)22)11(20-21(9)13)8-4-2-1-3-5-8/h1-5,9,19H,6-7H2,(H2,18,22). The van der Waals surface area contributed by atoms with E-state index in [9.17, 15) is 18.0 Å². The lowest BCUT2D eigenvalue weighted by atomic mass is 10.1. The van der Waals surface area contributed by atoms with Gasteiger partial charge in [0.1, 0.15) is 17.1 Å². The molecule has 0 bridgehead atoms. The van der Waals surface area contributed by atoms with Crippen molar-refractivity contribution in [2.45, 2.75) is 18.6 Å². The lowest BCUT2D eigenvalue weighted by Crippen LogP contribution is -2.34. The third kappa shape index (κ3) is 2.30. The second-order valence-electron chi connectivity index (χ2n) is 5.02. The van der Waals surface area contributed by atoms with Gasteiger partial charge in [-0.25, -0.2) is 4.68 Å². The van der Waals surface area contributed by atoms with Crippen LogP contribution < -0.4 is 11.1 Å². The Hall–Kier alpha value is -2.51. The smallest absolute Gasteiger partial charge is 0.369 e. The molecule has 2 aromatic rings. The highest BCUT2D eigenvalue weighted by molar-refractivity contribution is 6.03. The molecule has 22 heavy (non-hydrogen) atoms. The molecular weight excluding hydrogens is 297 g/mol. The van der Waals surface area contributed by atoms with Gasteiger partial charge in [0.2, 0.25) is 0 Å². The van der Waals surface area contributed by atoms with Crippen molar-refractivity contribution in [3.63, 3.8) is 0 Å². The molecular formula is C14H13F3N4O. The van der Waals surface area contributed by atoms with Crippen LogP contribution in [0.15, 0.2) is 30.3 Å². The summed E-state index contributed by atoms with van der Waals surface area (Å²) < 4.78 is 40.3. The van der Waals surface area contributed by atoms with Crippen LogP contribution in [0.2, 0.25) is 0 Å². The molecule has 116 valence electrons. The predicted molar refractivity (Wildman–Crippen MR) is 74.4 cm³/mol. The van der Waals surface area contributed by atoms with Gasteiger partial charge < -0.3 is 11.1 Å². The van der Waals surface area contributed by atoms with Crippen LogP contribution in [0, 0.1) is 0 Å². The Morgan fingerprint density at radius 3 is 2.59 bits per heavy atom. The Morgan fingerprint density at radius 1 is 1.32 bits per heavy atom. The summed E-state index contributed by atoms with van der Waals surface area (Å²) in [6.45, 7) is 0.102. The Kier molecular flexibility index (Phi) is 3.31. The van der Waals surface area contributed by atoms with Crippen molar-refractivity contribution in [3.8, 4) is 11.3 Å². The first-order valence-corrected chi connectivity index (χ1v) is 6.68. The van der Waals surface area contributed by atoms with E-state index >= 15 is 0 Å². The second kappa shape index (κ2) is 5.04. The molecule has 1 amide bonds. The van der Waals surface area contributed by atoms with Gasteiger partial charge >= 0.3 is 6.18 Å². The molecule has 1 atom stereocenters. The van der Waals surface area contributed by atoms with Gasteiger partial charge in [0.25, 0.3) is 5.91 Å². The summed E-state index contributed by atoms with van der Waals surface area (Å²) in [5.41, 5.74) is 6.05. The molecule has 0 spiro atoms. The van der Waals surface area contributed by atoms with Gasteiger partial charge in [0, 0.05) is 12.1 Å². The van der Waals surface area contributed by atoms with Crippen molar-refractivity contribution >= 4 is 11.7 Å². The first-order valence-electron chi connectivity index (χ1n) is 6.68. The largest absolute Gasteiger partial charge is 0.410 e. The molecule has 0 saturated carbocycles. The van der Waals surface area contributed by atoms with Gasteiger partial charge in [-0.05, 0) is 6.42 Å². The number of hydrogen-bond acceptors (Lipinski definition) is 3. The fourth-order valence-electron chi connectivity index (χ4n) is 2.61. The molecule has 1 aliphatic heterocycles. The molecule has 1 aromatic carbocycles. The molecule has 1 unspecified atom stereocenters. The van der Waals surface area contributed by atoms with E-state index in [1.807, 2.05) is 0 Å². The van der Waals surface area contributed by atoms with Crippen LogP contribution in [-0.4, -0.2) is 28.4 Å². The number of hydrogen-bond donors (Lipinski definition) is 2. The number of carbonyl (C=O) groups is 1. The molecule has 0 saturated heterocycles. The number of alkyl halides is 3. The SMILES string of the molecule is NC(=O)c1c(-c2ccccc2)nn2c1NCCC2C(F)(F)F. The minimum absolute atomic E-state index is 0.0138. The summed E-state index contributed by atoms with van der Waals surface area (Å²) in [4.78, 5) is 11.7. The number of aromatic nitrogens is 2. The molecule has 8 heteroatoms. The number of halogens is 3. The predicted octanol–water partition coefficient (Wildman–Crippen LogP) is 2.57. The average molecular weight is 310 g/mol. The van der Waals surface area contributed by atoms with Crippen LogP contribution in [0.5, 0.6) is 0 Å². The zero-order chi connectivity index (χ0) is 15.9. The molecule has 0 fully saturated rings. The number of nitrogens with one attached hydrogen (secondary N) is 1. The zero-order valence-corrected chi connectivity index (χ0v) is 11.4. The van der Waals surface area contributed by atoms with Crippen molar-refractivity contribution in [2.24, 2.45) is 5.73 Å². The maximum absolute atomic E-state index is 13.2. The average Bonchev–Trinajstić information content (AvgIpc) is 2.86. The summed E-state index contributed by atoms with van der Waals surface area (Å²) in [6, 6.07) is 6.77. The van der Waals surface area contributed by atoms with Crippen LogP contribution in [0.4, 0.5) is 19.0 Å². The van der Waals surface area contributed by atoms with Crippen molar-refractivity contribution in [3.05, 3.63) is 35.9 Å². The molecule has 1 aliphatic rings. The monoisotopic (exact) mass is 310 g/mol. The Bertz CT molecular complexity index is 709. The number of fused-ring (bicyclic) bond motifs is 1. The number of nitrogens with two attached hydrogens (primary N) is 1. The molecule has 0 radical (unpaired) electrons. The highest BCUT2D eigenvalue weighted by atomic mass is 19.4. The molecule has 1 aromatic heterocycles. The fraction of sp³-hybridized carbons (Fsp3) is 0.286. The number of nitrogens with zero attached hydrogens (tertiary/aromatic N) is 2. The van der Waals surface area contributed by atoms with E-state index in [2.05, 4.69) is 10.4 Å². The number of anilines is 1. The van der Waals surface area contributed by atoms with Crippen LogP contribution in [0.1, 0.15) is 22.8 Å². The minimum Gasteiger partial charge on any atom is -0.369 e. The maximum Gasteiger partial charge on any atom is 0.410 e. The van der Waals surface area contributed by atoms with Gasteiger partial charge in [-0.3, -0.25) is 4.79 Å². The number of primary amides is 1. The third-order valence-electron chi connectivity index (χ3n) is 3.59. The summed E-state index contributed by atoms with van der Waals surface area (Å²) in [5.74, 6) is -0.782. The number of rotatable bonds is 2. The number of carbonyl (C=O) groups excluding carboxylic acids is 1. The number of amides is 1. The molecule has 0 aliphatic carbocycles. The van der Waals surface area contributed by atoms with Gasteiger partial charge in [0.05, 0.1) is 0 Å². The van der Waals surface area contributed by atoms with E-state index in [1.165, 1.54) is 0 Å². The lowest BCUT2D eigenvalue weighted by Gasteiger charge is -2.27. The maximum atomic E-state index is 13.2. The van der Waals surface area contributed by atoms with Gasteiger partial charge in [0.15, 0.2) is 6.04 Å². The Morgan fingerprint density at radius 2 is 2.00 bits per heavy atom. The Balaban J connectivity index is 2.21. The third-order valence-corrected chi connectivity index (χ3v) is 3.59. The van der Waals surface area contributed by atoms with Crippen LogP contribution in [-0.2, 0) is 0 Å². The normalized spacial score (nSPS) is 17.7. The van der Waals surface area contributed by atoms with Crippen molar-refractivity contribution in [2.75, 3.05) is 11.9 Å². The quantitative estimate of drug-likeness (QED) is 0.895. The van der Waals surface area contributed by atoms with Gasteiger partial charge in [-0.1, -0.05) is 30.3 Å². The summed E-state index contributed by atoms with van der Waals surface area (Å²) in [7, 11) is 0. The summed E-state index contributed by atoms with van der Waals surface area (Å²) >= 11 is 0. The molecule has 3 N–H and O–H groups in total. The first kappa shape index (κ1) is 14.4. The highest BCUT2D eigenvalue weighted by Gasteiger charge is 2.45. The molecule has 2 heterocycles. The van der Waals surface area contributed by atoms with E-state index in [0.717, 1.165) is 4.68 Å². The van der Waals surface area contributed by atoms with Gasteiger partial charge in [-0.15, -0.1) is 0 Å². The molecule has 5 nitrogen and oxygen atoms in total. The zero-order valence-electron chi connectivity index (χ0n) is 11.4. The fourth-order valence-corrected chi connectivity index (χ4v) is 2.61. The van der Waals surface area contributed by atoms with E-state index in [1.54, 1.807) is 30.3 Å². The highest BCUT2D eigenvalue weighted by Crippen LogP contribution is 2.40. The van der Waals surface area contributed by atoms with E-state index < -0.39 is 18.1 Å². The van der Waals surface area contributed by atoms with E-state index in [0.29, 0.717) is 5.56 Å². The topological polar surface area (TPSA) is 72.9 Å². The van der Waals surface area contributed by atoms with Crippen LogP contribution in [0.3, 0.4) is 0 Å². The second-order valence-corrected chi connectivity index (χ2v) is 5.02. The summed E-state index contributed by atoms with van der Waals surface area (Å²) in [6.07, 6.45) is -4.59. The summed E-state index contributed by atoms with van der Waals surface area (Å²) in [5, 5.41) is 6.83. The van der Waals surface area contributed by atoms with Gasteiger partial charge in [-0.2, -0.15) is 18.3 Å². The van der Waals surface area contributed by atoms with E-state index in [4.69, 9.17) is 5.73 Å².